The number of aromatic nitrogens is 3. The Morgan fingerprint density at radius 1 is 1.45 bits per heavy atom. The standard InChI is InChI=1S/C5H7IN4.ClH/c6-5-9-8-4-3-7-1-2-10(4)5;/h7H,1-3H2;1H. The number of nitrogens with one attached hydrogen (secondary N) is 1. The maximum atomic E-state index is 4.00. The van der Waals surface area contributed by atoms with Crippen molar-refractivity contribution in [3.05, 3.63) is 9.66 Å². The fourth-order valence-corrected chi connectivity index (χ4v) is 1.68. The molecule has 0 spiro atoms. The van der Waals surface area contributed by atoms with E-state index in [-0.39, 0.29) is 12.4 Å². The highest BCUT2D eigenvalue weighted by molar-refractivity contribution is 14.1. The van der Waals surface area contributed by atoms with Gasteiger partial charge in [-0.1, -0.05) is 0 Å². The van der Waals surface area contributed by atoms with Crippen molar-refractivity contribution in [2.45, 2.75) is 13.1 Å². The monoisotopic (exact) mass is 286 g/mol. The molecule has 1 aliphatic rings. The second-order valence-electron chi connectivity index (χ2n) is 2.21. The quantitative estimate of drug-likeness (QED) is 0.703. The van der Waals surface area contributed by atoms with E-state index in [2.05, 4.69) is 42.7 Å². The van der Waals surface area contributed by atoms with Crippen molar-refractivity contribution in [1.82, 2.24) is 20.1 Å². The Morgan fingerprint density at radius 3 is 3.00 bits per heavy atom. The molecule has 1 aromatic rings. The minimum Gasteiger partial charge on any atom is -0.308 e. The second kappa shape index (κ2) is 3.68. The van der Waals surface area contributed by atoms with Crippen LogP contribution in [0.25, 0.3) is 0 Å². The van der Waals surface area contributed by atoms with Crippen molar-refractivity contribution in [2.75, 3.05) is 6.54 Å². The van der Waals surface area contributed by atoms with Crippen LogP contribution in [-0.2, 0) is 13.1 Å². The summed E-state index contributed by atoms with van der Waals surface area (Å²) >= 11 is 2.20. The van der Waals surface area contributed by atoms with E-state index in [1.165, 1.54) is 0 Å². The molecule has 0 amide bonds. The SMILES string of the molecule is Cl.Ic1nnc2n1CCNC2. The van der Waals surface area contributed by atoms with Crippen LogP contribution in [0.4, 0.5) is 0 Å². The Labute approximate surface area is 84.3 Å². The van der Waals surface area contributed by atoms with E-state index in [9.17, 15) is 0 Å². The summed E-state index contributed by atoms with van der Waals surface area (Å²) in [7, 11) is 0. The second-order valence-corrected chi connectivity index (χ2v) is 3.18. The van der Waals surface area contributed by atoms with E-state index in [0.29, 0.717) is 0 Å². The Balaban J connectivity index is 0.000000605. The molecule has 0 aromatic carbocycles. The highest BCUT2D eigenvalue weighted by Gasteiger charge is 2.12. The lowest BCUT2D eigenvalue weighted by Crippen LogP contribution is -2.28. The number of rotatable bonds is 0. The molecule has 0 radical (unpaired) electrons. The molecule has 1 aliphatic heterocycles. The van der Waals surface area contributed by atoms with Crippen LogP contribution >= 0.6 is 35.0 Å². The fourth-order valence-electron chi connectivity index (χ4n) is 1.06. The molecule has 1 aromatic heterocycles. The molecule has 2 heterocycles. The molecule has 2 rings (SSSR count). The van der Waals surface area contributed by atoms with Crippen LogP contribution in [0.2, 0.25) is 0 Å². The largest absolute Gasteiger partial charge is 0.308 e. The number of hydrogen-bond acceptors (Lipinski definition) is 3. The summed E-state index contributed by atoms with van der Waals surface area (Å²) in [6, 6.07) is 0. The van der Waals surface area contributed by atoms with Gasteiger partial charge in [0.05, 0.1) is 6.54 Å². The van der Waals surface area contributed by atoms with Crippen LogP contribution in [0.3, 0.4) is 0 Å². The van der Waals surface area contributed by atoms with E-state index < -0.39 is 0 Å². The van der Waals surface area contributed by atoms with Gasteiger partial charge in [-0.3, -0.25) is 0 Å². The third-order valence-corrected chi connectivity index (χ3v) is 2.38. The minimum absolute atomic E-state index is 0. The first-order valence-electron chi connectivity index (χ1n) is 3.16. The summed E-state index contributed by atoms with van der Waals surface area (Å²) in [5.41, 5.74) is 0. The molecule has 62 valence electrons. The van der Waals surface area contributed by atoms with E-state index in [1.807, 2.05) is 0 Å². The zero-order chi connectivity index (χ0) is 6.97. The summed E-state index contributed by atoms with van der Waals surface area (Å²) in [5, 5.41) is 11.2. The van der Waals surface area contributed by atoms with Crippen molar-refractivity contribution in [1.29, 1.82) is 0 Å². The van der Waals surface area contributed by atoms with Gasteiger partial charge in [0.25, 0.3) is 0 Å². The molecular formula is C5H8ClIN4. The average molecular weight is 287 g/mol. The third kappa shape index (κ3) is 1.65. The Hall–Kier alpha value is 0.120. The van der Waals surface area contributed by atoms with Gasteiger partial charge in [-0.2, -0.15) is 0 Å². The predicted octanol–water partition coefficient (Wildman–Crippen LogP) is 0.408. The van der Waals surface area contributed by atoms with Gasteiger partial charge < -0.3 is 9.88 Å². The molecule has 0 saturated heterocycles. The lowest BCUT2D eigenvalue weighted by Gasteiger charge is -2.13. The summed E-state index contributed by atoms with van der Waals surface area (Å²) in [6.07, 6.45) is 0. The van der Waals surface area contributed by atoms with Gasteiger partial charge in [-0.15, -0.1) is 22.6 Å². The first-order chi connectivity index (χ1) is 4.88. The van der Waals surface area contributed by atoms with Crippen molar-refractivity contribution >= 4 is 35.0 Å². The smallest absolute Gasteiger partial charge is 0.194 e. The maximum Gasteiger partial charge on any atom is 0.194 e. The number of nitrogens with zero attached hydrogens (tertiary/aromatic N) is 3. The number of fused-ring (bicyclic) bond motifs is 1. The molecule has 0 saturated carbocycles. The molecule has 0 aliphatic carbocycles. The van der Waals surface area contributed by atoms with Crippen LogP contribution < -0.4 is 5.32 Å². The lowest BCUT2D eigenvalue weighted by atomic mass is 10.4. The van der Waals surface area contributed by atoms with Crippen LogP contribution in [0.1, 0.15) is 5.82 Å². The minimum atomic E-state index is 0. The molecule has 0 unspecified atom stereocenters. The van der Waals surface area contributed by atoms with Crippen molar-refractivity contribution in [3.63, 3.8) is 0 Å². The number of halogens is 2. The maximum absolute atomic E-state index is 4.00. The molecule has 1 N–H and O–H groups in total. The van der Waals surface area contributed by atoms with Gasteiger partial charge in [-0.05, 0) is 0 Å². The number of hydrogen-bond donors (Lipinski definition) is 1. The molecule has 11 heavy (non-hydrogen) atoms. The topological polar surface area (TPSA) is 42.7 Å². The molecule has 0 fully saturated rings. The predicted molar refractivity (Wildman–Crippen MR) is 51.7 cm³/mol. The molecule has 6 heteroatoms. The molecular weight excluding hydrogens is 278 g/mol. The first-order valence-corrected chi connectivity index (χ1v) is 4.24. The lowest BCUT2D eigenvalue weighted by molar-refractivity contribution is 0.499. The van der Waals surface area contributed by atoms with E-state index >= 15 is 0 Å². The summed E-state index contributed by atoms with van der Waals surface area (Å²) in [5.74, 6) is 1.05. The Kier molecular flexibility index (Phi) is 3.08. The Bertz CT molecular complexity index is 249. The molecule has 0 atom stereocenters. The Morgan fingerprint density at radius 2 is 2.27 bits per heavy atom. The van der Waals surface area contributed by atoms with Gasteiger partial charge in [-0.25, -0.2) is 0 Å². The zero-order valence-corrected chi connectivity index (χ0v) is 8.72. The normalized spacial score (nSPS) is 15.4. The van der Waals surface area contributed by atoms with Crippen LogP contribution in [0.5, 0.6) is 0 Å². The fraction of sp³-hybridized carbons (Fsp3) is 0.600. The van der Waals surface area contributed by atoms with Gasteiger partial charge in [0.15, 0.2) is 3.83 Å². The average Bonchev–Trinajstić information content (AvgIpc) is 2.34. The summed E-state index contributed by atoms with van der Waals surface area (Å²) in [6.45, 7) is 2.89. The van der Waals surface area contributed by atoms with E-state index in [0.717, 1.165) is 29.3 Å². The van der Waals surface area contributed by atoms with Crippen LogP contribution in [-0.4, -0.2) is 21.3 Å². The van der Waals surface area contributed by atoms with Gasteiger partial charge in [0, 0.05) is 35.7 Å². The van der Waals surface area contributed by atoms with Crippen LogP contribution in [0.15, 0.2) is 0 Å². The van der Waals surface area contributed by atoms with Gasteiger partial charge in [0.1, 0.15) is 5.82 Å². The molecule has 0 bridgehead atoms. The summed E-state index contributed by atoms with van der Waals surface area (Å²) in [4.78, 5) is 0. The van der Waals surface area contributed by atoms with Crippen molar-refractivity contribution in [3.8, 4) is 0 Å². The van der Waals surface area contributed by atoms with Crippen LogP contribution in [0, 0.1) is 3.83 Å². The highest BCUT2D eigenvalue weighted by Crippen LogP contribution is 2.06. The molecule has 4 nitrogen and oxygen atoms in total. The third-order valence-electron chi connectivity index (χ3n) is 1.58. The summed E-state index contributed by atoms with van der Waals surface area (Å²) < 4.78 is 3.13. The van der Waals surface area contributed by atoms with E-state index in [1.54, 1.807) is 0 Å². The van der Waals surface area contributed by atoms with Gasteiger partial charge >= 0.3 is 0 Å². The van der Waals surface area contributed by atoms with Crippen molar-refractivity contribution in [2.24, 2.45) is 0 Å². The zero-order valence-electron chi connectivity index (χ0n) is 5.75. The van der Waals surface area contributed by atoms with Gasteiger partial charge in [0.2, 0.25) is 0 Å². The van der Waals surface area contributed by atoms with E-state index in [4.69, 9.17) is 0 Å². The first kappa shape index (κ1) is 9.21. The highest BCUT2D eigenvalue weighted by atomic mass is 127. The van der Waals surface area contributed by atoms with Crippen molar-refractivity contribution < 1.29 is 0 Å².